The summed E-state index contributed by atoms with van der Waals surface area (Å²) in [6.45, 7) is 0.205. The molecule has 0 bridgehead atoms. The molecule has 1 amide bonds. The minimum absolute atomic E-state index is 0.101. The lowest BCUT2D eigenvalue weighted by Crippen LogP contribution is -2.24. The molecular weight excluding hydrogens is 240 g/mol. The summed E-state index contributed by atoms with van der Waals surface area (Å²) in [5.74, 6) is -0.679. The third-order valence-electron chi connectivity index (χ3n) is 2.92. The van der Waals surface area contributed by atoms with Crippen molar-refractivity contribution in [1.82, 2.24) is 0 Å². The van der Waals surface area contributed by atoms with Gasteiger partial charge in [-0.25, -0.2) is 0 Å². The number of hydrogen-bond donors (Lipinski definition) is 2. The molecule has 7 nitrogen and oxygen atoms in total. The minimum Gasteiger partial charge on any atom is -0.505 e. The maximum absolute atomic E-state index is 11.7. The van der Waals surface area contributed by atoms with E-state index in [1.165, 1.54) is 17.0 Å². The average molecular weight is 252 g/mol. The quantitative estimate of drug-likeness (QED) is 0.607. The van der Waals surface area contributed by atoms with Crippen LogP contribution in [0.3, 0.4) is 0 Å². The number of amides is 1. The van der Waals surface area contributed by atoms with Crippen LogP contribution in [0.5, 0.6) is 5.75 Å². The molecule has 1 aliphatic rings. The second-order valence-corrected chi connectivity index (χ2v) is 4.19. The molecule has 1 atom stereocenters. The molecular formula is C11H12N2O5. The van der Waals surface area contributed by atoms with Crippen molar-refractivity contribution in [1.29, 1.82) is 0 Å². The molecule has 1 aromatic rings. The normalized spacial score (nSPS) is 19.3. The number of phenolic OH excluding ortho intramolecular Hbond substituents is 1. The fourth-order valence-electron chi connectivity index (χ4n) is 1.99. The van der Waals surface area contributed by atoms with E-state index in [9.17, 15) is 20.0 Å². The van der Waals surface area contributed by atoms with Crippen LogP contribution in [-0.2, 0) is 4.79 Å². The van der Waals surface area contributed by atoms with Gasteiger partial charge in [0.15, 0.2) is 0 Å². The van der Waals surface area contributed by atoms with Crippen molar-refractivity contribution in [3.8, 4) is 5.75 Å². The number of phenols is 1. The Morgan fingerprint density at radius 1 is 1.50 bits per heavy atom. The van der Waals surface area contributed by atoms with Crippen LogP contribution >= 0.6 is 0 Å². The summed E-state index contributed by atoms with van der Waals surface area (Å²) in [6.07, 6.45) is 0.215. The van der Waals surface area contributed by atoms with Gasteiger partial charge in [-0.2, -0.15) is 0 Å². The SMILES string of the molecule is O=C1CC(CO)CN1c1ccc([N+](=O)[O-])cc1O. The number of nitro benzene ring substituents is 1. The first-order valence-electron chi connectivity index (χ1n) is 5.41. The maximum atomic E-state index is 11.7. The largest absolute Gasteiger partial charge is 0.505 e. The number of nitrogens with zero attached hydrogens (tertiary/aromatic N) is 2. The van der Waals surface area contributed by atoms with Gasteiger partial charge in [0.1, 0.15) is 5.75 Å². The van der Waals surface area contributed by atoms with Crippen LogP contribution < -0.4 is 4.90 Å². The van der Waals surface area contributed by atoms with Crippen LogP contribution in [0.1, 0.15) is 6.42 Å². The van der Waals surface area contributed by atoms with Crippen LogP contribution in [0.25, 0.3) is 0 Å². The Bertz CT molecular complexity index is 502. The van der Waals surface area contributed by atoms with Gasteiger partial charge in [-0.15, -0.1) is 0 Å². The first-order chi connectivity index (χ1) is 8.52. The highest BCUT2D eigenvalue weighted by atomic mass is 16.6. The summed E-state index contributed by atoms with van der Waals surface area (Å²) in [5, 5.41) is 29.2. The van der Waals surface area contributed by atoms with Crippen molar-refractivity contribution < 1.29 is 19.9 Å². The van der Waals surface area contributed by atoms with Gasteiger partial charge < -0.3 is 15.1 Å². The number of non-ortho nitro benzene ring substituents is 1. The number of carbonyl (C=O) groups excluding carboxylic acids is 1. The third-order valence-corrected chi connectivity index (χ3v) is 2.92. The van der Waals surface area contributed by atoms with Gasteiger partial charge in [0, 0.05) is 31.6 Å². The summed E-state index contributed by atoms with van der Waals surface area (Å²) >= 11 is 0. The van der Waals surface area contributed by atoms with Crippen LogP contribution in [-0.4, -0.2) is 34.2 Å². The van der Waals surface area contributed by atoms with E-state index in [0.717, 1.165) is 6.07 Å². The van der Waals surface area contributed by atoms with Crippen LogP contribution in [0.2, 0.25) is 0 Å². The zero-order chi connectivity index (χ0) is 13.3. The Balaban J connectivity index is 2.29. The third kappa shape index (κ3) is 2.12. The molecule has 1 heterocycles. The van der Waals surface area contributed by atoms with Crippen molar-refractivity contribution in [2.24, 2.45) is 5.92 Å². The van der Waals surface area contributed by atoms with E-state index < -0.39 is 4.92 Å². The van der Waals surface area contributed by atoms with E-state index >= 15 is 0 Å². The summed E-state index contributed by atoms with van der Waals surface area (Å²) in [4.78, 5) is 22.9. The smallest absolute Gasteiger partial charge is 0.273 e. The number of aromatic hydroxyl groups is 1. The van der Waals surface area contributed by atoms with Gasteiger partial charge in [-0.1, -0.05) is 0 Å². The highest BCUT2D eigenvalue weighted by molar-refractivity contribution is 5.97. The molecule has 1 fully saturated rings. The predicted octanol–water partition coefficient (Wildman–Crippen LogP) is 0.646. The lowest BCUT2D eigenvalue weighted by molar-refractivity contribution is -0.384. The number of aliphatic hydroxyl groups excluding tert-OH is 1. The van der Waals surface area contributed by atoms with E-state index in [2.05, 4.69) is 0 Å². The second kappa shape index (κ2) is 4.61. The number of anilines is 1. The maximum Gasteiger partial charge on any atom is 0.273 e. The predicted molar refractivity (Wildman–Crippen MR) is 62.3 cm³/mol. The van der Waals surface area contributed by atoms with Gasteiger partial charge in [-0.05, 0) is 6.07 Å². The fraction of sp³-hybridized carbons (Fsp3) is 0.364. The number of benzene rings is 1. The summed E-state index contributed by atoms with van der Waals surface area (Å²) in [6, 6.07) is 3.58. The molecule has 18 heavy (non-hydrogen) atoms. The van der Waals surface area contributed by atoms with Crippen molar-refractivity contribution >= 4 is 17.3 Å². The Labute approximate surface area is 102 Å². The molecule has 0 radical (unpaired) electrons. The average Bonchev–Trinajstić information content (AvgIpc) is 2.70. The zero-order valence-corrected chi connectivity index (χ0v) is 9.44. The number of rotatable bonds is 3. The summed E-state index contributed by atoms with van der Waals surface area (Å²) in [5.41, 5.74) is 0.00292. The highest BCUT2D eigenvalue weighted by Crippen LogP contribution is 2.34. The highest BCUT2D eigenvalue weighted by Gasteiger charge is 2.31. The van der Waals surface area contributed by atoms with E-state index in [-0.39, 0.29) is 42.0 Å². The summed E-state index contributed by atoms with van der Waals surface area (Å²) < 4.78 is 0. The standard InChI is InChI=1S/C11H12N2O5/c14-6-7-3-11(16)12(5-7)9-2-1-8(13(17)18)4-10(9)15/h1-2,4,7,14-15H,3,5-6H2. The van der Waals surface area contributed by atoms with E-state index in [0.29, 0.717) is 6.54 Å². The molecule has 2 rings (SSSR count). The summed E-state index contributed by atoms with van der Waals surface area (Å²) in [7, 11) is 0. The Hall–Kier alpha value is -2.15. The zero-order valence-electron chi connectivity index (χ0n) is 9.44. The van der Waals surface area contributed by atoms with Crippen LogP contribution in [0.4, 0.5) is 11.4 Å². The van der Waals surface area contributed by atoms with Crippen molar-refractivity contribution in [2.75, 3.05) is 18.1 Å². The monoisotopic (exact) mass is 252 g/mol. The minimum atomic E-state index is -0.619. The lowest BCUT2D eigenvalue weighted by Gasteiger charge is -2.17. The molecule has 0 aromatic heterocycles. The fourth-order valence-corrected chi connectivity index (χ4v) is 1.99. The number of hydrogen-bond acceptors (Lipinski definition) is 5. The molecule has 7 heteroatoms. The Kier molecular flexibility index (Phi) is 3.15. The van der Waals surface area contributed by atoms with Gasteiger partial charge in [0.25, 0.3) is 5.69 Å². The van der Waals surface area contributed by atoms with E-state index in [4.69, 9.17) is 5.11 Å². The molecule has 0 spiro atoms. The second-order valence-electron chi connectivity index (χ2n) is 4.19. The first kappa shape index (κ1) is 12.3. The van der Waals surface area contributed by atoms with Crippen molar-refractivity contribution in [2.45, 2.75) is 6.42 Å². The molecule has 0 aliphatic carbocycles. The molecule has 1 unspecified atom stereocenters. The molecule has 1 aliphatic heterocycles. The molecule has 2 N–H and O–H groups in total. The molecule has 1 saturated heterocycles. The molecule has 0 saturated carbocycles. The van der Waals surface area contributed by atoms with Gasteiger partial charge >= 0.3 is 0 Å². The topological polar surface area (TPSA) is 104 Å². The van der Waals surface area contributed by atoms with Crippen molar-refractivity contribution in [3.05, 3.63) is 28.3 Å². The first-order valence-corrected chi connectivity index (χ1v) is 5.41. The van der Waals surface area contributed by atoms with Gasteiger partial charge in [-0.3, -0.25) is 14.9 Å². The van der Waals surface area contributed by atoms with Crippen LogP contribution in [0.15, 0.2) is 18.2 Å². The Morgan fingerprint density at radius 2 is 2.22 bits per heavy atom. The number of carbonyl (C=O) groups is 1. The lowest BCUT2D eigenvalue weighted by atomic mass is 10.1. The Morgan fingerprint density at radius 3 is 2.72 bits per heavy atom. The van der Waals surface area contributed by atoms with Crippen molar-refractivity contribution in [3.63, 3.8) is 0 Å². The van der Waals surface area contributed by atoms with Gasteiger partial charge in [0.2, 0.25) is 5.91 Å². The number of nitro groups is 1. The molecule has 96 valence electrons. The molecule has 1 aromatic carbocycles. The van der Waals surface area contributed by atoms with Gasteiger partial charge in [0.05, 0.1) is 16.7 Å². The number of aliphatic hydroxyl groups is 1. The van der Waals surface area contributed by atoms with E-state index in [1.807, 2.05) is 0 Å². The van der Waals surface area contributed by atoms with Crippen LogP contribution in [0, 0.1) is 16.0 Å². The van der Waals surface area contributed by atoms with E-state index in [1.54, 1.807) is 0 Å².